The minimum atomic E-state index is -5.34. The van der Waals surface area contributed by atoms with Crippen LogP contribution >= 0.6 is 0 Å². The Morgan fingerprint density at radius 2 is 1.47 bits per heavy atom. The second kappa shape index (κ2) is 9.97. The number of aromatic hydroxyl groups is 1. The van der Waals surface area contributed by atoms with Crippen LogP contribution in [-0.4, -0.2) is 32.6 Å². The van der Waals surface area contributed by atoms with Crippen LogP contribution in [0, 0.1) is 49.4 Å². The number of hydrogen-bond donors (Lipinski definition) is 1. The molecule has 0 fully saturated rings. The van der Waals surface area contributed by atoms with Gasteiger partial charge in [0.1, 0.15) is 22.5 Å². The Bertz CT molecular complexity index is 1580. The zero-order chi connectivity index (χ0) is 21.9. The van der Waals surface area contributed by atoms with Gasteiger partial charge in [0.05, 0.1) is 10.9 Å². The number of halogens is 3. The van der Waals surface area contributed by atoms with Gasteiger partial charge >= 0.3 is 6.18 Å². The van der Waals surface area contributed by atoms with E-state index >= 15 is 0 Å². The maximum Gasteiger partial charge on any atom is 0.455 e. The summed E-state index contributed by atoms with van der Waals surface area (Å²) < 4.78 is 46.7. The summed E-state index contributed by atoms with van der Waals surface area (Å²) in [5, 5.41) is 11.6. The first-order valence-electron chi connectivity index (χ1n) is 9.18. The van der Waals surface area contributed by atoms with Gasteiger partial charge in [0.2, 0.25) is 0 Å². The normalized spacial score (nSPS) is 11.0. The smallest absolute Gasteiger partial charge is 0.455 e. The van der Waals surface area contributed by atoms with Crippen LogP contribution in [0.2, 0.25) is 0 Å². The predicted octanol–water partition coefficient (Wildman–Crippen LogP) is 3.69. The van der Waals surface area contributed by atoms with Crippen LogP contribution in [0.3, 0.4) is 0 Å². The SMILES string of the molecule is O.O.O=C(c1c(O)c2c3c(ccc2n(-c2ccccc2)c1=O)oc1ccccc13)C(F)(F)F.[Eu]. The van der Waals surface area contributed by atoms with E-state index in [1.165, 1.54) is 18.2 Å². The number of rotatable bonds is 2. The Labute approximate surface area is 229 Å². The van der Waals surface area contributed by atoms with E-state index in [-0.39, 0.29) is 76.9 Å². The number of alkyl halides is 3. The standard InChI is InChI=1S/C23H12F3NO4.Eu.2H2O/c24-23(25,26)21(29)19-20(28)18-14(27(22(19)30)12-6-2-1-3-7-12)10-11-16-17(18)13-8-4-5-9-15(13)31-16;;;/h1-11,28H;;2*1H2. The molecule has 0 spiro atoms. The summed E-state index contributed by atoms with van der Waals surface area (Å²) in [4.78, 5) is 25.2. The van der Waals surface area contributed by atoms with E-state index in [4.69, 9.17) is 4.42 Å². The molecule has 3 aromatic carbocycles. The summed E-state index contributed by atoms with van der Waals surface area (Å²) >= 11 is 0. The molecule has 34 heavy (non-hydrogen) atoms. The van der Waals surface area contributed by atoms with Crippen molar-refractivity contribution in [2.75, 3.05) is 0 Å². The largest absolute Gasteiger partial charge is 0.506 e. The van der Waals surface area contributed by atoms with Crippen LogP contribution in [0.5, 0.6) is 5.75 Å². The maximum atomic E-state index is 13.3. The fourth-order valence-corrected chi connectivity index (χ4v) is 3.86. The number of fused-ring (bicyclic) bond motifs is 5. The molecule has 5 aromatic rings. The molecule has 2 aromatic heterocycles. The monoisotopic (exact) mass is 612 g/mol. The van der Waals surface area contributed by atoms with E-state index in [1.54, 1.807) is 48.5 Å². The zero-order valence-electron chi connectivity index (χ0n) is 17.0. The van der Waals surface area contributed by atoms with Crippen molar-refractivity contribution < 1.29 is 87.8 Å². The Hall–Kier alpha value is -2.57. The zero-order valence-corrected chi connectivity index (χ0v) is 19.4. The first-order valence-corrected chi connectivity index (χ1v) is 9.18. The minimum Gasteiger partial charge on any atom is -0.506 e. The summed E-state index contributed by atoms with van der Waals surface area (Å²) in [5.41, 5.74) is -1.45. The van der Waals surface area contributed by atoms with Crippen LogP contribution in [-0.2, 0) is 0 Å². The molecule has 0 saturated carbocycles. The average Bonchev–Trinajstić information content (AvgIpc) is 3.12. The van der Waals surface area contributed by atoms with Crippen molar-refractivity contribution >= 4 is 38.6 Å². The predicted molar refractivity (Wildman–Crippen MR) is 116 cm³/mol. The van der Waals surface area contributed by atoms with Crippen molar-refractivity contribution in [2.24, 2.45) is 0 Å². The molecule has 0 saturated heterocycles. The van der Waals surface area contributed by atoms with Crippen molar-refractivity contribution in [3.63, 3.8) is 0 Å². The third-order valence-corrected chi connectivity index (χ3v) is 5.15. The van der Waals surface area contributed by atoms with Gasteiger partial charge < -0.3 is 20.5 Å². The van der Waals surface area contributed by atoms with E-state index in [0.717, 1.165) is 4.57 Å². The third-order valence-electron chi connectivity index (χ3n) is 5.15. The molecule has 0 unspecified atom stereocenters. The molecule has 0 atom stereocenters. The maximum absolute atomic E-state index is 13.3. The Kier molecular flexibility index (Phi) is 8.11. The Morgan fingerprint density at radius 3 is 2.12 bits per heavy atom. The van der Waals surface area contributed by atoms with Gasteiger partial charge in [0.25, 0.3) is 11.3 Å². The fourth-order valence-electron chi connectivity index (χ4n) is 3.86. The van der Waals surface area contributed by atoms with Gasteiger partial charge in [-0.25, -0.2) is 0 Å². The fraction of sp³-hybridized carbons (Fsp3) is 0.0435. The van der Waals surface area contributed by atoms with Gasteiger partial charge in [-0.3, -0.25) is 14.2 Å². The molecule has 0 amide bonds. The van der Waals surface area contributed by atoms with Crippen molar-refractivity contribution in [2.45, 2.75) is 6.18 Å². The van der Waals surface area contributed by atoms with E-state index in [0.29, 0.717) is 21.9 Å². The molecule has 1 radical (unpaired) electrons. The van der Waals surface area contributed by atoms with Gasteiger partial charge in [0.15, 0.2) is 0 Å². The molecule has 177 valence electrons. The number of aromatic nitrogens is 1. The van der Waals surface area contributed by atoms with Crippen molar-refractivity contribution in [1.29, 1.82) is 0 Å². The Balaban J connectivity index is 0.00000136. The van der Waals surface area contributed by atoms with Crippen LogP contribution in [0.1, 0.15) is 10.4 Å². The number of furan rings is 1. The molecular weight excluding hydrogens is 595 g/mol. The number of carbonyl (C=O) groups is 1. The summed E-state index contributed by atoms with van der Waals surface area (Å²) in [7, 11) is 0. The summed E-state index contributed by atoms with van der Waals surface area (Å²) in [6, 6.07) is 17.8. The van der Waals surface area contributed by atoms with Gasteiger partial charge in [-0.1, -0.05) is 36.4 Å². The van der Waals surface area contributed by atoms with Gasteiger partial charge in [0, 0.05) is 65.8 Å². The number of hydrogen-bond acceptors (Lipinski definition) is 4. The van der Waals surface area contributed by atoms with Crippen LogP contribution in [0.25, 0.3) is 38.5 Å². The second-order valence-electron chi connectivity index (χ2n) is 6.96. The molecular formula is C23H16EuF3NO6. The molecule has 2 heterocycles. The molecule has 5 N–H and O–H groups in total. The molecule has 7 nitrogen and oxygen atoms in total. The average molecular weight is 611 g/mol. The van der Waals surface area contributed by atoms with E-state index < -0.39 is 28.8 Å². The van der Waals surface area contributed by atoms with E-state index in [1.807, 2.05) is 0 Å². The van der Waals surface area contributed by atoms with Crippen LogP contribution in [0.4, 0.5) is 13.2 Å². The van der Waals surface area contributed by atoms with Gasteiger partial charge in [-0.05, 0) is 30.3 Å². The summed E-state index contributed by atoms with van der Waals surface area (Å²) in [5.74, 6) is -3.43. The molecule has 11 heteroatoms. The molecule has 0 aliphatic heterocycles. The second-order valence-corrected chi connectivity index (χ2v) is 6.96. The van der Waals surface area contributed by atoms with Crippen LogP contribution < -0.4 is 5.56 Å². The number of pyridine rings is 1. The van der Waals surface area contributed by atoms with Crippen molar-refractivity contribution in [3.8, 4) is 11.4 Å². The summed E-state index contributed by atoms with van der Waals surface area (Å²) in [6.45, 7) is 0. The number of benzene rings is 3. The summed E-state index contributed by atoms with van der Waals surface area (Å²) in [6.07, 6.45) is -5.34. The molecule has 0 bridgehead atoms. The van der Waals surface area contributed by atoms with E-state index in [9.17, 15) is 27.9 Å². The van der Waals surface area contributed by atoms with Gasteiger partial charge in [-0.15, -0.1) is 0 Å². The number of para-hydroxylation sites is 2. The minimum absolute atomic E-state index is 0. The van der Waals surface area contributed by atoms with E-state index in [2.05, 4.69) is 0 Å². The van der Waals surface area contributed by atoms with Crippen LogP contribution in [0.15, 0.2) is 75.9 Å². The van der Waals surface area contributed by atoms with Crippen molar-refractivity contribution in [3.05, 3.63) is 82.6 Å². The quantitative estimate of drug-likeness (QED) is 0.305. The number of Topliss-reactive ketones (excluding diaryl/α,β-unsaturated/α-hetero) is 1. The number of ketones is 1. The number of carbonyl (C=O) groups excluding carboxylic acids is 1. The van der Waals surface area contributed by atoms with Gasteiger partial charge in [-0.2, -0.15) is 13.2 Å². The van der Waals surface area contributed by atoms with Crippen molar-refractivity contribution in [1.82, 2.24) is 4.57 Å². The third kappa shape index (κ3) is 4.18. The Morgan fingerprint density at radius 1 is 0.853 bits per heavy atom. The number of nitrogens with zero attached hydrogens (tertiary/aromatic N) is 1. The topological polar surface area (TPSA) is 135 Å². The molecule has 0 aliphatic rings. The first kappa shape index (κ1) is 27.7. The molecule has 0 aliphatic carbocycles. The molecule has 5 rings (SSSR count). The first-order chi connectivity index (χ1) is 14.8.